The molecular formula is C23H35N7O7. The van der Waals surface area contributed by atoms with E-state index in [9.17, 15) is 34.5 Å². The highest BCUT2D eigenvalue weighted by Gasteiger charge is 2.31. The summed E-state index contributed by atoms with van der Waals surface area (Å²) in [6, 6.07) is 1.54. The van der Waals surface area contributed by atoms with Crippen LogP contribution in [0.2, 0.25) is 0 Å². The van der Waals surface area contributed by atoms with Gasteiger partial charge in [0.2, 0.25) is 17.7 Å². The van der Waals surface area contributed by atoms with E-state index in [0.29, 0.717) is 18.5 Å². The molecule has 1 aromatic carbocycles. The van der Waals surface area contributed by atoms with Crippen molar-refractivity contribution in [2.45, 2.75) is 56.3 Å². The van der Waals surface area contributed by atoms with Gasteiger partial charge in [0.15, 0.2) is 5.96 Å². The van der Waals surface area contributed by atoms with Gasteiger partial charge in [-0.15, -0.1) is 0 Å². The molecule has 1 saturated heterocycles. The van der Waals surface area contributed by atoms with Crippen LogP contribution in [0.3, 0.4) is 0 Å². The van der Waals surface area contributed by atoms with E-state index in [-0.39, 0.29) is 37.5 Å². The van der Waals surface area contributed by atoms with Gasteiger partial charge < -0.3 is 48.1 Å². The highest BCUT2D eigenvalue weighted by atomic mass is 16.4. The molecule has 1 aliphatic rings. The second kappa shape index (κ2) is 14.6. The number of carbonyl (C=O) groups is 4. The van der Waals surface area contributed by atoms with Crippen LogP contribution in [-0.2, 0) is 25.6 Å². The van der Waals surface area contributed by atoms with Crippen molar-refractivity contribution in [1.29, 1.82) is 0 Å². The van der Waals surface area contributed by atoms with Gasteiger partial charge in [-0.2, -0.15) is 0 Å². The number of aliphatic imine (C=N–C) groups is 1. The number of carbonyl (C=O) groups excluding carboxylic acids is 3. The molecule has 0 aliphatic carbocycles. The number of aliphatic hydroxyl groups is 1. The van der Waals surface area contributed by atoms with Gasteiger partial charge in [-0.25, -0.2) is 4.79 Å². The zero-order valence-corrected chi connectivity index (χ0v) is 20.4. The van der Waals surface area contributed by atoms with Crippen molar-refractivity contribution in [3.63, 3.8) is 0 Å². The summed E-state index contributed by atoms with van der Waals surface area (Å²) in [6.07, 6.45) is 1.66. The summed E-state index contributed by atoms with van der Waals surface area (Å²) >= 11 is 0. The van der Waals surface area contributed by atoms with Crippen LogP contribution in [0.5, 0.6) is 5.75 Å². The van der Waals surface area contributed by atoms with Gasteiger partial charge in [0, 0.05) is 13.0 Å². The number of rotatable bonds is 14. The van der Waals surface area contributed by atoms with E-state index in [1.165, 1.54) is 24.3 Å². The average Bonchev–Trinajstić information content (AvgIpc) is 3.40. The van der Waals surface area contributed by atoms with E-state index in [1.54, 1.807) is 0 Å². The number of guanidine groups is 1. The summed E-state index contributed by atoms with van der Waals surface area (Å²) in [5, 5.41) is 39.1. The topological polar surface area (TPSA) is 241 Å². The third-order valence-electron chi connectivity index (χ3n) is 5.76. The minimum absolute atomic E-state index is 0.0115. The Bertz CT molecular complexity index is 961. The minimum Gasteiger partial charge on any atom is -0.508 e. The molecule has 4 unspecified atom stereocenters. The highest BCUT2D eigenvalue weighted by molar-refractivity contribution is 5.94. The third-order valence-corrected chi connectivity index (χ3v) is 5.76. The van der Waals surface area contributed by atoms with Crippen molar-refractivity contribution in [1.82, 2.24) is 21.3 Å². The van der Waals surface area contributed by atoms with Gasteiger partial charge in [-0.05, 0) is 49.9 Å². The summed E-state index contributed by atoms with van der Waals surface area (Å²) < 4.78 is 0. The minimum atomic E-state index is -1.32. The third kappa shape index (κ3) is 9.93. The molecule has 14 nitrogen and oxygen atoms in total. The molecule has 11 N–H and O–H groups in total. The Balaban J connectivity index is 2.09. The first-order chi connectivity index (χ1) is 17.6. The molecule has 14 heteroatoms. The van der Waals surface area contributed by atoms with E-state index in [0.717, 1.165) is 6.42 Å². The molecular weight excluding hydrogens is 486 g/mol. The molecule has 1 aliphatic heterocycles. The normalized spacial score (nSPS) is 17.2. The number of hydrogen-bond donors (Lipinski definition) is 9. The van der Waals surface area contributed by atoms with Crippen LogP contribution in [0, 0.1) is 0 Å². The standard InChI is InChI=1S/C23H35N7O7/c24-23(25)27-10-2-4-16(28-21(35)18(12-31)30-19(33)15-3-1-9-26-15)20(34)29-17(22(36)37)11-13-5-7-14(32)8-6-13/h5-8,15-18,26,31-32H,1-4,9-12H2,(H,28,35)(H,29,34)(H,30,33)(H,36,37)(H4,24,25,27). The number of aliphatic hydroxyl groups excluding tert-OH is 1. The van der Waals surface area contributed by atoms with Crippen molar-refractivity contribution in [3.05, 3.63) is 29.8 Å². The predicted molar refractivity (Wildman–Crippen MR) is 133 cm³/mol. The van der Waals surface area contributed by atoms with Crippen LogP contribution in [0.4, 0.5) is 0 Å². The Morgan fingerprint density at radius 1 is 1.03 bits per heavy atom. The quantitative estimate of drug-likeness (QED) is 0.0695. The van der Waals surface area contributed by atoms with E-state index in [4.69, 9.17) is 11.5 Å². The lowest BCUT2D eigenvalue weighted by molar-refractivity contribution is -0.142. The molecule has 2 rings (SSSR count). The lowest BCUT2D eigenvalue weighted by Crippen LogP contribution is -2.58. The fraction of sp³-hybridized carbons (Fsp3) is 0.522. The summed E-state index contributed by atoms with van der Waals surface area (Å²) in [6.45, 7) is 0.123. The van der Waals surface area contributed by atoms with Crippen LogP contribution >= 0.6 is 0 Å². The van der Waals surface area contributed by atoms with Gasteiger partial charge in [0.1, 0.15) is 23.9 Å². The molecule has 37 heavy (non-hydrogen) atoms. The molecule has 0 saturated carbocycles. The Morgan fingerprint density at radius 2 is 1.68 bits per heavy atom. The molecule has 1 aromatic rings. The smallest absolute Gasteiger partial charge is 0.326 e. The number of nitrogens with zero attached hydrogens (tertiary/aromatic N) is 1. The molecule has 3 amide bonds. The maximum atomic E-state index is 13.0. The molecule has 0 spiro atoms. The van der Waals surface area contributed by atoms with Gasteiger partial charge in [-0.3, -0.25) is 19.4 Å². The number of nitrogens with one attached hydrogen (secondary N) is 4. The largest absolute Gasteiger partial charge is 0.508 e. The maximum Gasteiger partial charge on any atom is 0.326 e. The van der Waals surface area contributed by atoms with Gasteiger partial charge in [-0.1, -0.05) is 12.1 Å². The first kappa shape index (κ1) is 29.3. The van der Waals surface area contributed by atoms with E-state index in [1.807, 2.05) is 0 Å². The number of hydrogen-bond acceptors (Lipinski definition) is 8. The molecule has 0 aromatic heterocycles. The van der Waals surface area contributed by atoms with Crippen LogP contribution in [0.15, 0.2) is 29.3 Å². The van der Waals surface area contributed by atoms with Crippen molar-refractivity contribution >= 4 is 29.7 Å². The fourth-order valence-electron chi connectivity index (χ4n) is 3.76. The van der Waals surface area contributed by atoms with Crippen molar-refractivity contribution in [2.75, 3.05) is 19.7 Å². The molecule has 204 valence electrons. The summed E-state index contributed by atoms with van der Waals surface area (Å²) in [5.41, 5.74) is 11.2. The Labute approximate surface area is 213 Å². The maximum absolute atomic E-state index is 13.0. The molecule has 0 bridgehead atoms. The number of nitrogens with two attached hydrogens (primary N) is 2. The number of aromatic hydroxyl groups is 1. The lowest BCUT2D eigenvalue weighted by Gasteiger charge is -2.24. The van der Waals surface area contributed by atoms with Gasteiger partial charge >= 0.3 is 5.97 Å². The van der Waals surface area contributed by atoms with E-state index >= 15 is 0 Å². The number of carboxylic acid groups (broad SMARTS) is 1. The van der Waals surface area contributed by atoms with Crippen molar-refractivity contribution < 1.29 is 34.5 Å². The van der Waals surface area contributed by atoms with Crippen LogP contribution in [0.1, 0.15) is 31.2 Å². The average molecular weight is 522 g/mol. The Hall–Kier alpha value is -3.91. The molecule has 1 fully saturated rings. The highest BCUT2D eigenvalue weighted by Crippen LogP contribution is 2.12. The predicted octanol–water partition coefficient (Wildman–Crippen LogP) is -2.73. The lowest BCUT2D eigenvalue weighted by atomic mass is 10.0. The number of phenols is 1. The monoisotopic (exact) mass is 521 g/mol. The second-order valence-electron chi connectivity index (χ2n) is 8.67. The Morgan fingerprint density at radius 3 is 2.24 bits per heavy atom. The first-order valence-electron chi connectivity index (χ1n) is 11.9. The van der Waals surface area contributed by atoms with Gasteiger partial charge in [0.05, 0.1) is 12.6 Å². The molecule has 1 heterocycles. The number of benzene rings is 1. The summed E-state index contributed by atoms with van der Waals surface area (Å²) in [7, 11) is 0. The van der Waals surface area contributed by atoms with E-state index < -0.39 is 54.5 Å². The van der Waals surface area contributed by atoms with Crippen molar-refractivity contribution in [3.8, 4) is 5.75 Å². The fourth-order valence-corrected chi connectivity index (χ4v) is 3.76. The zero-order valence-electron chi connectivity index (χ0n) is 20.4. The van der Waals surface area contributed by atoms with Crippen molar-refractivity contribution in [2.24, 2.45) is 16.5 Å². The van der Waals surface area contributed by atoms with Gasteiger partial charge in [0.25, 0.3) is 0 Å². The zero-order chi connectivity index (χ0) is 27.4. The molecule has 4 atom stereocenters. The van der Waals surface area contributed by atoms with Crippen LogP contribution in [-0.4, -0.2) is 88.8 Å². The second-order valence-corrected chi connectivity index (χ2v) is 8.67. The number of amides is 3. The summed E-state index contributed by atoms with van der Waals surface area (Å²) in [4.78, 5) is 53.9. The molecule has 0 radical (unpaired) electrons. The SMILES string of the molecule is NC(N)=NCCCC(NC(=O)C(CO)NC(=O)C1CCCN1)C(=O)NC(Cc1ccc(O)cc1)C(=O)O. The number of aliphatic carboxylic acids is 1. The first-order valence-corrected chi connectivity index (χ1v) is 11.9. The summed E-state index contributed by atoms with van der Waals surface area (Å²) in [5.74, 6) is -3.45. The Kier molecular flexibility index (Phi) is 11.6. The van der Waals surface area contributed by atoms with Crippen LogP contribution < -0.4 is 32.7 Å². The number of phenolic OH excluding ortho intramolecular Hbond substituents is 1. The van der Waals surface area contributed by atoms with Crippen LogP contribution in [0.25, 0.3) is 0 Å². The number of carboxylic acids is 1. The van der Waals surface area contributed by atoms with E-state index in [2.05, 4.69) is 26.3 Å².